The Bertz CT molecular complexity index is 1350. The highest BCUT2D eigenvalue weighted by molar-refractivity contribution is 9.10. The van der Waals surface area contributed by atoms with Crippen molar-refractivity contribution >= 4 is 38.3 Å². The lowest BCUT2D eigenvalue weighted by Crippen LogP contribution is -2.21. The molecule has 0 fully saturated rings. The number of aryl methyl sites for hydroxylation is 1. The van der Waals surface area contributed by atoms with Gasteiger partial charge in [-0.05, 0) is 42.8 Å². The molecular formula is C24H22BrFN4O2. The van der Waals surface area contributed by atoms with E-state index in [0.29, 0.717) is 34.5 Å². The monoisotopic (exact) mass is 496 g/mol. The zero-order valence-corrected chi connectivity index (χ0v) is 19.2. The zero-order chi connectivity index (χ0) is 22.8. The van der Waals surface area contributed by atoms with Crippen LogP contribution in [0.4, 0.5) is 15.9 Å². The Kier molecular flexibility index (Phi) is 6.14. The molecule has 2 aromatic heterocycles. The molecule has 0 bridgehead atoms. The first kappa shape index (κ1) is 21.8. The number of rotatable bonds is 6. The first-order chi connectivity index (χ1) is 15.4. The molecule has 2 heterocycles. The molecule has 8 heteroatoms. The molecule has 0 aliphatic rings. The summed E-state index contributed by atoms with van der Waals surface area (Å²) in [5.41, 5.74) is 8.36. The van der Waals surface area contributed by atoms with Crippen LogP contribution < -0.4 is 21.3 Å². The van der Waals surface area contributed by atoms with E-state index >= 15 is 0 Å². The van der Waals surface area contributed by atoms with Crippen LogP contribution in [0.25, 0.3) is 22.0 Å². The highest BCUT2D eigenvalue weighted by Gasteiger charge is 2.15. The van der Waals surface area contributed by atoms with Crippen molar-refractivity contribution in [1.82, 2.24) is 9.55 Å². The SMILES string of the molecule is CCn1c(=O)c(-c2cc(N)c(F)cc2Br)cc2cnc(NCc3ccc(OC)cc3)cc21. The maximum atomic E-state index is 13.8. The lowest BCUT2D eigenvalue weighted by molar-refractivity contribution is 0.414. The molecule has 3 N–H and O–H groups in total. The number of anilines is 2. The van der Waals surface area contributed by atoms with Gasteiger partial charge in [-0.2, -0.15) is 0 Å². The van der Waals surface area contributed by atoms with Gasteiger partial charge in [0.25, 0.3) is 5.56 Å². The molecule has 0 atom stereocenters. The third-order valence-corrected chi connectivity index (χ3v) is 5.96. The number of nitrogens with zero attached hydrogens (tertiary/aromatic N) is 2. The molecule has 6 nitrogen and oxygen atoms in total. The van der Waals surface area contributed by atoms with Gasteiger partial charge >= 0.3 is 0 Å². The van der Waals surface area contributed by atoms with Crippen molar-refractivity contribution in [3.05, 3.63) is 80.9 Å². The molecule has 0 unspecified atom stereocenters. The van der Waals surface area contributed by atoms with Crippen LogP contribution in [0.5, 0.6) is 5.75 Å². The molecule has 0 saturated carbocycles. The lowest BCUT2D eigenvalue weighted by Gasteiger charge is -2.14. The van der Waals surface area contributed by atoms with Crippen LogP contribution in [0.15, 0.2) is 64.0 Å². The summed E-state index contributed by atoms with van der Waals surface area (Å²) in [7, 11) is 1.63. The summed E-state index contributed by atoms with van der Waals surface area (Å²) in [4.78, 5) is 17.8. The summed E-state index contributed by atoms with van der Waals surface area (Å²) < 4.78 is 21.1. The van der Waals surface area contributed by atoms with Crippen molar-refractivity contribution < 1.29 is 9.13 Å². The first-order valence-corrected chi connectivity index (χ1v) is 10.9. The molecule has 4 aromatic rings. The van der Waals surface area contributed by atoms with E-state index in [-0.39, 0.29) is 11.2 Å². The predicted octanol–water partition coefficient (Wildman–Crippen LogP) is 5.19. The summed E-state index contributed by atoms with van der Waals surface area (Å²) >= 11 is 3.35. The number of methoxy groups -OCH3 is 1. The lowest BCUT2D eigenvalue weighted by atomic mass is 10.0. The fourth-order valence-corrected chi connectivity index (χ4v) is 4.11. The van der Waals surface area contributed by atoms with Crippen LogP contribution in [0.3, 0.4) is 0 Å². The number of nitrogens with one attached hydrogen (secondary N) is 1. The van der Waals surface area contributed by atoms with E-state index < -0.39 is 5.82 Å². The predicted molar refractivity (Wildman–Crippen MR) is 130 cm³/mol. The van der Waals surface area contributed by atoms with Gasteiger partial charge in [-0.3, -0.25) is 4.79 Å². The topological polar surface area (TPSA) is 82.2 Å². The molecule has 2 aromatic carbocycles. The van der Waals surface area contributed by atoms with Crippen molar-refractivity contribution in [2.45, 2.75) is 20.0 Å². The molecule has 0 aliphatic carbocycles. The van der Waals surface area contributed by atoms with E-state index in [1.54, 1.807) is 23.9 Å². The maximum Gasteiger partial charge on any atom is 0.258 e. The first-order valence-electron chi connectivity index (χ1n) is 10.1. The smallest absolute Gasteiger partial charge is 0.258 e. The maximum absolute atomic E-state index is 13.8. The number of ether oxygens (including phenoxy) is 1. The quantitative estimate of drug-likeness (QED) is 0.359. The molecule has 0 aliphatic heterocycles. The Morgan fingerprint density at radius 2 is 1.91 bits per heavy atom. The van der Waals surface area contributed by atoms with Gasteiger partial charge in [-0.15, -0.1) is 0 Å². The van der Waals surface area contributed by atoms with Gasteiger partial charge in [0.15, 0.2) is 0 Å². The summed E-state index contributed by atoms with van der Waals surface area (Å²) in [5, 5.41) is 4.09. The summed E-state index contributed by atoms with van der Waals surface area (Å²) in [6.45, 7) is 2.96. The van der Waals surface area contributed by atoms with Crippen LogP contribution in [0.1, 0.15) is 12.5 Å². The van der Waals surface area contributed by atoms with Gasteiger partial charge in [-0.1, -0.05) is 28.1 Å². The number of nitrogen functional groups attached to an aromatic ring is 1. The van der Waals surface area contributed by atoms with Gasteiger partial charge in [-0.25, -0.2) is 9.37 Å². The molecule has 0 amide bonds. The third-order valence-electron chi connectivity index (χ3n) is 5.30. The fourth-order valence-electron chi connectivity index (χ4n) is 3.58. The molecular weight excluding hydrogens is 475 g/mol. The van der Waals surface area contributed by atoms with Crippen LogP contribution in [0, 0.1) is 5.82 Å². The molecule has 0 saturated heterocycles. The fraction of sp³-hybridized carbons (Fsp3) is 0.167. The van der Waals surface area contributed by atoms with Crippen molar-refractivity contribution in [3.63, 3.8) is 0 Å². The number of hydrogen-bond donors (Lipinski definition) is 2. The van der Waals surface area contributed by atoms with Gasteiger partial charge in [0.1, 0.15) is 17.4 Å². The third kappa shape index (κ3) is 4.18. The molecule has 0 radical (unpaired) electrons. The van der Waals surface area contributed by atoms with E-state index in [0.717, 1.165) is 22.2 Å². The number of halogens is 2. The van der Waals surface area contributed by atoms with Gasteiger partial charge in [0.2, 0.25) is 0 Å². The van der Waals surface area contributed by atoms with E-state index in [9.17, 15) is 9.18 Å². The van der Waals surface area contributed by atoms with Crippen LogP contribution in [-0.2, 0) is 13.1 Å². The minimum absolute atomic E-state index is 0.0121. The Morgan fingerprint density at radius 3 is 2.59 bits per heavy atom. The average molecular weight is 497 g/mol. The van der Waals surface area contributed by atoms with Crippen LogP contribution >= 0.6 is 15.9 Å². The van der Waals surface area contributed by atoms with Gasteiger partial charge < -0.3 is 20.4 Å². The second kappa shape index (κ2) is 9.00. The van der Waals surface area contributed by atoms with Crippen molar-refractivity contribution in [2.75, 3.05) is 18.2 Å². The van der Waals surface area contributed by atoms with Crippen LogP contribution in [-0.4, -0.2) is 16.7 Å². The number of aromatic nitrogens is 2. The highest BCUT2D eigenvalue weighted by atomic mass is 79.9. The number of hydrogen-bond acceptors (Lipinski definition) is 5. The molecule has 0 spiro atoms. The highest BCUT2D eigenvalue weighted by Crippen LogP contribution is 2.31. The van der Waals surface area contributed by atoms with Crippen molar-refractivity contribution in [3.8, 4) is 16.9 Å². The van der Waals surface area contributed by atoms with Gasteiger partial charge in [0.05, 0.1) is 18.3 Å². The molecule has 4 rings (SSSR count). The van der Waals surface area contributed by atoms with E-state index in [4.69, 9.17) is 10.5 Å². The normalized spacial score (nSPS) is 11.0. The molecule has 164 valence electrons. The summed E-state index contributed by atoms with van der Waals surface area (Å²) in [6.07, 6.45) is 1.72. The minimum atomic E-state index is -0.536. The number of fused-ring (bicyclic) bond motifs is 1. The number of pyridine rings is 2. The van der Waals surface area contributed by atoms with E-state index in [1.165, 1.54) is 12.1 Å². The standard InChI is InChI=1S/C24H22BrFN4O2/c1-3-30-22-11-23(28-12-14-4-6-16(32-2)7-5-14)29-13-15(22)8-18(24(30)31)17-9-21(27)20(26)10-19(17)25/h4-11,13H,3,12,27H2,1-2H3,(H,28,29). The Labute approximate surface area is 193 Å². The second-order valence-electron chi connectivity index (χ2n) is 7.29. The van der Waals surface area contributed by atoms with E-state index in [1.807, 2.05) is 37.3 Å². The summed E-state index contributed by atoms with van der Waals surface area (Å²) in [6, 6.07) is 14.1. The van der Waals surface area contributed by atoms with E-state index in [2.05, 4.69) is 26.2 Å². The average Bonchev–Trinajstić information content (AvgIpc) is 2.80. The Balaban J connectivity index is 1.72. The molecule has 32 heavy (non-hydrogen) atoms. The van der Waals surface area contributed by atoms with Crippen molar-refractivity contribution in [1.29, 1.82) is 0 Å². The largest absolute Gasteiger partial charge is 0.497 e. The van der Waals surface area contributed by atoms with Crippen molar-refractivity contribution in [2.24, 2.45) is 0 Å². The van der Waals surface area contributed by atoms with Crippen LogP contribution in [0.2, 0.25) is 0 Å². The number of nitrogens with two attached hydrogens (primary N) is 1. The Hall–Kier alpha value is -3.39. The van der Waals surface area contributed by atoms with Gasteiger partial charge in [0, 0.05) is 46.3 Å². The second-order valence-corrected chi connectivity index (χ2v) is 8.15. The Morgan fingerprint density at radius 1 is 1.16 bits per heavy atom. The zero-order valence-electron chi connectivity index (χ0n) is 17.7. The number of benzene rings is 2. The minimum Gasteiger partial charge on any atom is -0.497 e. The summed E-state index contributed by atoms with van der Waals surface area (Å²) in [5.74, 6) is 0.927.